The summed E-state index contributed by atoms with van der Waals surface area (Å²) < 4.78 is 2.25. The van der Waals surface area contributed by atoms with Gasteiger partial charge in [0.15, 0.2) is 0 Å². The van der Waals surface area contributed by atoms with Gasteiger partial charge in [0.05, 0.1) is 5.52 Å². The number of hydrogen-bond donors (Lipinski definition) is 0. The van der Waals surface area contributed by atoms with Crippen LogP contribution in [0.15, 0.2) is 24.4 Å². The summed E-state index contributed by atoms with van der Waals surface area (Å²) in [5.41, 5.74) is 4.39. The fraction of sp³-hybridized carbons (Fsp3) is 0.385. The van der Waals surface area contributed by atoms with Gasteiger partial charge in [-0.1, -0.05) is 12.1 Å². The monoisotopic (exact) mass is 200 g/mol. The van der Waals surface area contributed by atoms with Crippen LogP contribution in [0.1, 0.15) is 17.5 Å². The molecule has 1 heterocycles. The lowest BCUT2D eigenvalue weighted by atomic mass is 9.93. The summed E-state index contributed by atoms with van der Waals surface area (Å²) in [6, 6.07) is 6.66. The average molecular weight is 200 g/mol. The normalized spacial score (nSPS) is 14.5. The molecule has 0 aliphatic heterocycles. The van der Waals surface area contributed by atoms with Gasteiger partial charge in [-0.25, -0.2) is 0 Å². The van der Waals surface area contributed by atoms with Crippen molar-refractivity contribution in [1.29, 1.82) is 0 Å². The van der Waals surface area contributed by atoms with Crippen LogP contribution in [0, 0.1) is 0 Å². The standard InChI is InChI=1S/C13H16N2/c1-14(2)15-9-11-7-3-5-10-6-4-8-12(15)13(10)11/h4,6,8-9H,3,5,7H2,1-2H3. The van der Waals surface area contributed by atoms with Crippen molar-refractivity contribution in [3.8, 4) is 0 Å². The van der Waals surface area contributed by atoms with Crippen molar-refractivity contribution in [2.45, 2.75) is 19.3 Å². The Bertz CT molecular complexity index is 508. The topological polar surface area (TPSA) is 8.17 Å². The molecule has 1 aromatic heterocycles. The molecule has 0 bridgehead atoms. The van der Waals surface area contributed by atoms with E-state index < -0.39 is 0 Å². The number of rotatable bonds is 1. The molecule has 15 heavy (non-hydrogen) atoms. The Morgan fingerprint density at radius 1 is 1.13 bits per heavy atom. The molecular formula is C13H16N2. The van der Waals surface area contributed by atoms with Gasteiger partial charge in [0, 0.05) is 25.7 Å². The van der Waals surface area contributed by atoms with E-state index in [1.165, 1.54) is 41.3 Å². The fourth-order valence-corrected chi connectivity index (χ4v) is 2.63. The van der Waals surface area contributed by atoms with Crippen molar-refractivity contribution in [3.05, 3.63) is 35.5 Å². The predicted octanol–water partition coefficient (Wildman–Crippen LogP) is 2.33. The van der Waals surface area contributed by atoms with Gasteiger partial charge in [-0.3, -0.25) is 4.68 Å². The first kappa shape index (κ1) is 8.84. The van der Waals surface area contributed by atoms with Gasteiger partial charge in [-0.05, 0) is 36.5 Å². The molecule has 1 aliphatic rings. The maximum absolute atomic E-state index is 2.29. The largest absolute Gasteiger partial charge is 0.319 e. The molecule has 0 saturated carbocycles. The molecule has 2 nitrogen and oxygen atoms in total. The van der Waals surface area contributed by atoms with Gasteiger partial charge < -0.3 is 5.01 Å². The number of nitrogens with zero attached hydrogens (tertiary/aromatic N) is 2. The third-order valence-electron chi connectivity index (χ3n) is 3.30. The molecule has 3 rings (SSSR count). The first-order valence-corrected chi connectivity index (χ1v) is 5.57. The molecule has 0 fully saturated rings. The molecule has 0 N–H and O–H groups in total. The summed E-state index contributed by atoms with van der Waals surface area (Å²) >= 11 is 0. The van der Waals surface area contributed by atoms with E-state index in [0.717, 1.165) is 0 Å². The van der Waals surface area contributed by atoms with Crippen LogP contribution in [0.5, 0.6) is 0 Å². The van der Waals surface area contributed by atoms with Crippen LogP contribution < -0.4 is 5.01 Å². The Morgan fingerprint density at radius 3 is 2.73 bits per heavy atom. The maximum atomic E-state index is 2.29. The summed E-state index contributed by atoms with van der Waals surface area (Å²) in [6.07, 6.45) is 6.05. The zero-order valence-corrected chi connectivity index (χ0v) is 9.33. The Balaban J connectivity index is 2.38. The SMILES string of the molecule is CN(C)n1cc2c3c(cccc31)CCC2. The molecule has 2 aromatic rings. The quantitative estimate of drug-likeness (QED) is 0.686. The first-order valence-electron chi connectivity index (χ1n) is 5.57. The van der Waals surface area contributed by atoms with Crippen LogP contribution in [-0.4, -0.2) is 18.8 Å². The van der Waals surface area contributed by atoms with E-state index >= 15 is 0 Å². The maximum Gasteiger partial charge on any atom is 0.0700 e. The minimum Gasteiger partial charge on any atom is -0.319 e. The molecule has 2 heteroatoms. The third-order valence-corrected chi connectivity index (χ3v) is 3.30. The molecular weight excluding hydrogens is 184 g/mol. The molecule has 0 unspecified atom stereocenters. The Kier molecular flexibility index (Phi) is 1.78. The van der Waals surface area contributed by atoms with E-state index in [9.17, 15) is 0 Å². The Morgan fingerprint density at radius 2 is 1.93 bits per heavy atom. The van der Waals surface area contributed by atoms with Crippen molar-refractivity contribution in [2.75, 3.05) is 19.1 Å². The van der Waals surface area contributed by atoms with E-state index in [1.807, 2.05) is 0 Å². The van der Waals surface area contributed by atoms with Gasteiger partial charge in [0.1, 0.15) is 0 Å². The molecule has 0 atom stereocenters. The molecule has 0 amide bonds. The highest BCUT2D eigenvalue weighted by Gasteiger charge is 2.16. The van der Waals surface area contributed by atoms with Crippen LogP contribution >= 0.6 is 0 Å². The summed E-state index contributed by atoms with van der Waals surface area (Å²) in [5.74, 6) is 0. The average Bonchev–Trinajstić information content (AvgIpc) is 2.61. The molecule has 78 valence electrons. The smallest absolute Gasteiger partial charge is 0.0700 e. The first-order chi connectivity index (χ1) is 7.27. The lowest BCUT2D eigenvalue weighted by molar-refractivity contribution is 0.752. The number of hydrogen-bond acceptors (Lipinski definition) is 1. The Labute approximate surface area is 90.1 Å². The number of benzene rings is 1. The molecule has 1 aliphatic carbocycles. The molecule has 0 radical (unpaired) electrons. The second kappa shape index (κ2) is 3.02. The second-order valence-electron chi connectivity index (χ2n) is 4.51. The number of aryl methyl sites for hydroxylation is 2. The van der Waals surface area contributed by atoms with Crippen LogP contribution in [0.25, 0.3) is 10.9 Å². The van der Waals surface area contributed by atoms with Gasteiger partial charge in [-0.15, -0.1) is 0 Å². The predicted molar refractivity (Wildman–Crippen MR) is 64.0 cm³/mol. The summed E-state index contributed by atoms with van der Waals surface area (Å²) in [7, 11) is 4.18. The third kappa shape index (κ3) is 1.17. The molecule has 1 aromatic carbocycles. The lowest BCUT2D eigenvalue weighted by Gasteiger charge is -2.15. The van der Waals surface area contributed by atoms with Crippen molar-refractivity contribution in [1.82, 2.24) is 4.68 Å². The number of aromatic nitrogens is 1. The summed E-state index contributed by atoms with van der Waals surface area (Å²) in [6.45, 7) is 0. The van der Waals surface area contributed by atoms with Crippen molar-refractivity contribution in [3.63, 3.8) is 0 Å². The second-order valence-corrected chi connectivity index (χ2v) is 4.51. The zero-order chi connectivity index (χ0) is 10.4. The minimum absolute atomic E-state index is 1.23. The van der Waals surface area contributed by atoms with Crippen LogP contribution in [0.2, 0.25) is 0 Å². The van der Waals surface area contributed by atoms with Crippen molar-refractivity contribution < 1.29 is 0 Å². The lowest BCUT2D eigenvalue weighted by Crippen LogP contribution is -2.23. The minimum atomic E-state index is 1.23. The molecule has 0 saturated heterocycles. The zero-order valence-electron chi connectivity index (χ0n) is 9.33. The van der Waals surface area contributed by atoms with Crippen LogP contribution in [0.3, 0.4) is 0 Å². The van der Waals surface area contributed by atoms with Crippen molar-refractivity contribution in [2.24, 2.45) is 0 Å². The fourth-order valence-electron chi connectivity index (χ4n) is 2.63. The van der Waals surface area contributed by atoms with Gasteiger partial charge in [0.25, 0.3) is 0 Å². The highest BCUT2D eigenvalue weighted by molar-refractivity contribution is 5.88. The van der Waals surface area contributed by atoms with Crippen LogP contribution in [-0.2, 0) is 12.8 Å². The highest BCUT2D eigenvalue weighted by Crippen LogP contribution is 2.30. The van der Waals surface area contributed by atoms with E-state index in [-0.39, 0.29) is 0 Å². The van der Waals surface area contributed by atoms with E-state index in [0.29, 0.717) is 0 Å². The van der Waals surface area contributed by atoms with Crippen LogP contribution in [0.4, 0.5) is 0 Å². The van der Waals surface area contributed by atoms with Gasteiger partial charge in [-0.2, -0.15) is 0 Å². The van der Waals surface area contributed by atoms with E-state index in [1.54, 1.807) is 0 Å². The summed E-state index contributed by atoms with van der Waals surface area (Å²) in [5, 5.41) is 3.64. The van der Waals surface area contributed by atoms with E-state index in [4.69, 9.17) is 0 Å². The Hall–Kier alpha value is -1.44. The van der Waals surface area contributed by atoms with Crippen molar-refractivity contribution >= 4 is 10.9 Å². The van der Waals surface area contributed by atoms with Gasteiger partial charge >= 0.3 is 0 Å². The highest BCUT2D eigenvalue weighted by atomic mass is 15.5. The summed E-state index contributed by atoms with van der Waals surface area (Å²) in [4.78, 5) is 0. The van der Waals surface area contributed by atoms with E-state index in [2.05, 4.69) is 48.2 Å². The van der Waals surface area contributed by atoms with Gasteiger partial charge in [0.2, 0.25) is 0 Å². The molecule has 0 spiro atoms.